The maximum atomic E-state index is 12.0. The second-order valence-electron chi connectivity index (χ2n) is 4.55. The lowest BCUT2D eigenvalue weighted by Gasteiger charge is -2.20. The van der Waals surface area contributed by atoms with E-state index in [-0.39, 0.29) is 13.0 Å². The molecule has 1 unspecified atom stereocenters. The molecule has 0 radical (unpaired) electrons. The van der Waals surface area contributed by atoms with Crippen LogP contribution >= 0.6 is 0 Å². The first-order chi connectivity index (χ1) is 9.15. The monoisotopic (exact) mass is 305 g/mol. The summed E-state index contributed by atoms with van der Waals surface area (Å²) >= 11 is 0. The highest BCUT2D eigenvalue weighted by Crippen LogP contribution is 2.21. The fraction of sp³-hybridized carbons (Fsp3) is 0.636. The van der Waals surface area contributed by atoms with E-state index in [1.807, 2.05) is 0 Å². The van der Waals surface area contributed by atoms with Crippen molar-refractivity contribution < 1.29 is 22.8 Å². The van der Waals surface area contributed by atoms with E-state index in [2.05, 4.69) is 9.88 Å². The average Bonchev–Trinajstić information content (AvgIpc) is 2.65. The van der Waals surface area contributed by atoms with Crippen molar-refractivity contribution in [2.75, 3.05) is 13.6 Å². The zero-order valence-corrected chi connectivity index (χ0v) is 12.7. The molecule has 1 aromatic heterocycles. The highest BCUT2D eigenvalue weighted by molar-refractivity contribution is 7.87. The molecule has 0 spiro atoms. The summed E-state index contributed by atoms with van der Waals surface area (Å²) in [5.74, 6) is -0.503. The van der Waals surface area contributed by atoms with Crippen molar-refractivity contribution >= 4 is 16.2 Å². The van der Waals surface area contributed by atoms with Gasteiger partial charge in [0.25, 0.3) is 10.2 Å². The van der Waals surface area contributed by atoms with E-state index in [1.54, 1.807) is 20.8 Å². The number of nitrogens with zero attached hydrogens (tertiary/aromatic N) is 2. The third-order valence-corrected chi connectivity index (χ3v) is 4.55. The molecule has 0 fully saturated rings. The van der Waals surface area contributed by atoms with Gasteiger partial charge in [-0.2, -0.15) is 17.4 Å². The maximum Gasteiger partial charge on any atom is 0.304 e. The highest BCUT2D eigenvalue weighted by atomic mass is 32.2. The summed E-state index contributed by atoms with van der Waals surface area (Å²) in [4.78, 5) is 10.5. The average molecular weight is 305 g/mol. The molecule has 0 amide bonds. The van der Waals surface area contributed by atoms with E-state index in [0.29, 0.717) is 17.0 Å². The zero-order valence-electron chi connectivity index (χ0n) is 11.9. The molecular formula is C11H19N3O5S. The lowest BCUT2D eigenvalue weighted by atomic mass is 10.1. The van der Waals surface area contributed by atoms with Crippen molar-refractivity contribution in [3.63, 3.8) is 0 Å². The SMILES string of the molecule is Cc1noc(C)c1C(C)NS(=O)(=O)N(C)CCC(=O)O. The van der Waals surface area contributed by atoms with Gasteiger partial charge in [-0.05, 0) is 20.8 Å². The molecule has 1 atom stereocenters. The Labute approximate surface area is 117 Å². The summed E-state index contributed by atoms with van der Waals surface area (Å²) in [6.07, 6.45) is -0.253. The number of nitrogens with one attached hydrogen (secondary N) is 1. The Kier molecular flexibility index (Phi) is 5.26. The van der Waals surface area contributed by atoms with Crippen LogP contribution in [0.4, 0.5) is 0 Å². The standard InChI is InChI=1S/C11H19N3O5S/c1-7-11(9(3)19-12-7)8(2)13-20(17,18)14(4)6-5-10(15)16/h8,13H,5-6H2,1-4H3,(H,15,16). The Morgan fingerprint density at radius 1 is 1.50 bits per heavy atom. The quantitative estimate of drug-likeness (QED) is 0.762. The molecular weight excluding hydrogens is 286 g/mol. The predicted molar refractivity (Wildman–Crippen MR) is 71.3 cm³/mol. The summed E-state index contributed by atoms with van der Waals surface area (Å²) in [7, 11) is -2.44. The van der Waals surface area contributed by atoms with Gasteiger partial charge < -0.3 is 9.63 Å². The Hall–Kier alpha value is -1.45. The molecule has 2 N–H and O–H groups in total. The van der Waals surface area contributed by atoms with Crippen molar-refractivity contribution in [2.45, 2.75) is 33.2 Å². The minimum atomic E-state index is -3.76. The number of carboxylic acids is 1. The number of aliphatic carboxylic acids is 1. The minimum absolute atomic E-state index is 0.0982. The molecule has 0 saturated carbocycles. The Morgan fingerprint density at radius 2 is 2.10 bits per heavy atom. The van der Waals surface area contributed by atoms with Crippen LogP contribution in [0.5, 0.6) is 0 Å². The van der Waals surface area contributed by atoms with E-state index < -0.39 is 22.2 Å². The fourth-order valence-corrected chi connectivity index (χ4v) is 2.93. The van der Waals surface area contributed by atoms with E-state index in [1.165, 1.54) is 7.05 Å². The molecule has 9 heteroatoms. The number of rotatable bonds is 7. The van der Waals surface area contributed by atoms with Crippen LogP contribution in [0, 0.1) is 13.8 Å². The third kappa shape index (κ3) is 4.02. The third-order valence-electron chi connectivity index (χ3n) is 2.90. The first kappa shape index (κ1) is 16.6. The smallest absolute Gasteiger partial charge is 0.304 e. The molecule has 0 saturated heterocycles. The van der Waals surface area contributed by atoms with Gasteiger partial charge in [0, 0.05) is 19.2 Å². The molecule has 0 aliphatic carbocycles. The van der Waals surface area contributed by atoms with Gasteiger partial charge in [-0.3, -0.25) is 4.79 Å². The van der Waals surface area contributed by atoms with Gasteiger partial charge in [0.2, 0.25) is 0 Å². The second-order valence-corrected chi connectivity index (χ2v) is 6.36. The van der Waals surface area contributed by atoms with Gasteiger partial charge in [-0.25, -0.2) is 0 Å². The van der Waals surface area contributed by atoms with Gasteiger partial charge >= 0.3 is 5.97 Å². The first-order valence-electron chi connectivity index (χ1n) is 6.03. The first-order valence-corrected chi connectivity index (χ1v) is 7.47. The largest absolute Gasteiger partial charge is 0.481 e. The van der Waals surface area contributed by atoms with E-state index >= 15 is 0 Å². The number of carbonyl (C=O) groups is 1. The molecule has 0 aromatic carbocycles. The number of hydrogen-bond acceptors (Lipinski definition) is 5. The number of aryl methyl sites for hydroxylation is 2. The second kappa shape index (κ2) is 6.33. The van der Waals surface area contributed by atoms with Gasteiger partial charge in [0.1, 0.15) is 5.76 Å². The van der Waals surface area contributed by atoms with Crippen molar-refractivity contribution in [2.24, 2.45) is 0 Å². The summed E-state index contributed by atoms with van der Waals surface area (Å²) in [5, 5.41) is 12.3. The van der Waals surface area contributed by atoms with Crippen molar-refractivity contribution in [1.29, 1.82) is 0 Å². The number of hydrogen-bond donors (Lipinski definition) is 2. The van der Waals surface area contributed by atoms with E-state index in [4.69, 9.17) is 9.63 Å². The molecule has 0 aliphatic heterocycles. The molecule has 1 aromatic rings. The summed E-state index contributed by atoms with van der Waals surface area (Å²) in [6.45, 7) is 5.01. The van der Waals surface area contributed by atoms with Crippen LogP contribution < -0.4 is 4.72 Å². The summed E-state index contributed by atoms with van der Waals surface area (Å²) < 4.78 is 32.5. The summed E-state index contributed by atoms with van der Waals surface area (Å²) in [5.41, 5.74) is 1.30. The van der Waals surface area contributed by atoms with E-state index in [9.17, 15) is 13.2 Å². The normalized spacial score (nSPS) is 13.7. The van der Waals surface area contributed by atoms with Crippen molar-refractivity contribution in [3.05, 3.63) is 17.0 Å². The van der Waals surface area contributed by atoms with Crippen LogP contribution in [0.2, 0.25) is 0 Å². The molecule has 0 aliphatic rings. The van der Waals surface area contributed by atoms with Crippen LogP contribution in [0.1, 0.15) is 36.4 Å². The van der Waals surface area contributed by atoms with Crippen LogP contribution in [0.3, 0.4) is 0 Å². The Balaban J connectivity index is 2.78. The molecule has 8 nitrogen and oxygen atoms in total. The topological polar surface area (TPSA) is 113 Å². The van der Waals surface area contributed by atoms with Gasteiger partial charge in [-0.1, -0.05) is 5.16 Å². The molecule has 1 heterocycles. The lowest BCUT2D eigenvalue weighted by Crippen LogP contribution is -2.40. The van der Waals surface area contributed by atoms with E-state index in [0.717, 1.165) is 4.31 Å². The molecule has 0 bridgehead atoms. The molecule has 114 valence electrons. The van der Waals surface area contributed by atoms with Gasteiger partial charge in [-0.15, -0.1) is 0 Å². The van der Waals surface area contributed by atoms with Gasteiger partial charge in [0.05, 0.1) is 18.2 Å². The van der Waals surface area contributed by atoms with Crippen LogP contribution in [-0.4, -0.2) is 42.5 Å². The fourth-order valence-electron chi connectivity index (χ4n) is 1.85. The van der Waals surface area contributed by atoms with Crippen LogP contribution in [0.15, 0.2) is 4.52 Å². The molecule has 1 rings (SSSR count). The highest BCUT2D eigenvalue weighted by Gasteiger charge is 2.24. The Bertz CT molecular complexity index is 561. The zero-order chi connectivity index (χ0) is 15.5. The summed E-state index contributed by atoms with van der Waals surface area (Å²) in [6, 6.07) is -0.515. The predicted octanol–water partition coefficient (Wildman–Crippen LogP) is 0.593. The lowest BCUT2D eigenvalue weighted by molar-refractivity contribution is -0.137. The van der Waals surface area contributed by atoms with Crippen molar-refractivity contribution in [3.8, 4) is 0 Å². The van der Waals surface area contributed by atoms with Crippen molar-refractivity contribution in [1.82, 2.24) is 14.2 Å². The minimum Gasteiger partial charge on any atom is -0.481 e. The molecule has 20 heavy (non-hydrogen) atoms. The van der Waals surface area contributed by atoms with Crippen LogP contribution in [-0.2, 0) is 15.0 Å². The Morgan fingerprint density at radius 3 is 2.55 bits per heavy atom. The van der Waals surface area contributed by atoms with Crippen LogP contribution in [0.25, 0.3) is 0 Å². The number of aromatic nitrogens is 1. The maximum absolute atomic E-state index is 12.0. The van der Waals surface area contributed by atoms with Gasteiger partial charge in [0.15, 0.2) is 0 Å². The number of carboxylic acid groups (broad SMARTS) is 1.